The summed E-state index contributed by atoms with van der Waals surface area (Å²) in [5, 5.41) is 0. The lowest BCUT2D eigenvalue weighted by Gasteiger charge is -2.33. The summed E-state index contributed by atoms with van der Waals surface area (Å²) in [5.74, 6) is 1.25. The van der Waals surface area contributed by atoms with Gasteiger partial charge in [-0.3, -0.25) is 9.69 Å². The van der Waals surface area contributed by atoms with Crippen molar-refractivity contribution in [3.8, 4) is 5.75 Å². The van der Waals surface area contributed by atoms with Gasteiger partial charge in [-0.25, -0.2) is 0 Å². The van der Waals surface area contributed by atoms with Crippen LogP contribution in [-0.2, 0) is 17.9 Å². The van der Waals surface area contributed by atoms with E-state index in [1.165, 1.54) is 5.56 Å². The first-order valence-electron chi connectivity index (χ1n) is 9.30. The third-order valence-corrected chi connectivity index (χ3v) is 5.14. The summed E-state index contributed by atoms with van der Waals surface area (Å²) in [5.41, 5.74) is 2.47. The van der Waals surface area contributed by atoms with Crippen molar-refractivity contribution < 1.29 is 9.53 Å². The van der Waals surface area contributed by atoms with E-state index in [2.05, 4.69) is 29.2 Å². The van der Waals surface area contributed by atoms with E-state index in [1.807, 2.05) is 42.3 Å². The molecule has 138 valence electrons. The van der Waals surface area contributed by atoms with Gasteiger partial charge in [-0.15, -0.1) is 0 Å². The molecule has 0 bridgehead atoms. The summed E-state index contributed by atoms with van der Waals surface area (Å²) < 4.78 is 5.18. The highest BCUT2D eigenvalue weighted by atomic mass is 16.5. The maximum Gasteiger partial charge on any atom is 0.225 e. The maximum atomic E-state index is 12.8. The smallest absolute Gasteiger partial charge is 0.225 e. The molecule has 1 saturated heterocycles. The van der Waals surface area contributed by atoms with Crippen molar-refractivity contribution in [3.63, 3.8) is 0 Å². The molecule has 1 aliphatic heterocycles. The highest BCUT2D eigenvalue weighted by Gasteiger charge is 2.27. The van der Waals surface area contributed by atoms with Crippen LogP contribution in [-0.4, -0.2) is 43.0 Å². The summed E-state index contributed by atoms with van der Waals surface area (Å²) in [6.07, 6.45) is 1.89. The Hall–Kier alpha value is -2.33. The van der Waals surface area contributed by atoms with Crippen molar-refractivity contribution in [1.29, 1.82) is 0 Å². The van der Waals surface area contributed by atoms with Gasteiger partial charge in [0.1, 0.15) is 5.75 Å². The molecule has 0 aliphatic carbocycles. The molecule has 1 fully saturated rings. The number of piperidine rings is 1. The average molecular weight is 352 g/mol. The number of methoxy groups -OCH3 is 1. The minimum absolute atomic E-state index is 0.144. The highest BCUT2D eigenvalue weighted by Crippen LogP contribution is 2.22. The molecule has 0 aromatic heterocycles. The standard InChI is InChI=1S/C22H28N2O2/c1-23(16-19-8-10-21(26-2)11-9-19)22(25)20-12-14-24(15-13-20)17-18-6-4-3-5-7-18/h3-11,20H,12-17H2,1-2H3. The minimum atomic E-state index is 0.144. The van der Waals surface area contributed by atoms with Crippen LogP contribution in [0.1, 0.15) is 24.0 Å². The van der Waals surface area contributed by atoms with Gasteiger partial charge in [0, 0.05) is 26.1 Å². The van der Waals surface area contributed by atoms with Crippen LogP contribution in [0.25, 0.3) is 0 Å². The van der Waals surface area contributed by atoms with Gasteiger partial charge in [-0.05, 0) is 49.2 Å². The van der Waals surface area contributed by atoms with Crippen LogP contribution in [0.4, 0.5) is 0 Å². The van der Waals surface area contributed by atoms with E-state index < -0.39 is 0 Å². The predicted molar refractivity (Wildman–Crippen MR) is 104 cm³/mol. The third-order valence-electron chi connectivity index (χ3n) is 5.14. The number of hydrogen-bond donors (Lipinski definition) is 0. The molecule has 0 atom stereocenters. The Morgan fingerprint density at radius 1 is 1.04 bits per heavy atom. The maximum absolute atomic E-state index is 12.8. The molecule has 4 heteroatoms. The second-order valence-electron chi connectivity index (χ2n) is 7.08. The Labute approximate surface area is 156 Å². The third kappa shape index (κ3) is 4.85. The molecule has 1 heterocycles. The summed E-state index contributed by atoms with van der Waals surface area (Å²) in [7, 11) is 3.57. The van der Waals surface area contributed by atoms with Gasteiger partial charge >= 0.3 is 0 Å². The summed E-state index contributed by atoms with van der Waals surface area (Å²) in [4.78, 5) is 17.1. The summed E-state index contributed by atoms with van der Waals surface area (Å²) in [6, 6.07) is 18.5. The van der Waals surface area contributed by atoms with Crippen molar-refractivity contribution in [2.75, 3.05) is 27.2 Å². The fraction of sp³-hybridized carbons (Fsp3) is 0.409. The Kier molecular flexibility index (Phi) is 6.29. The Balaban J connectivity index is 1.47. The van der Waals surface area contributed by atoms with Crippen LogP contribution >= 0.6 is 0 Å². The van der Waals surface area contributed by atoms with E-state index in [1.54, 1.807) is 7.11 Å². The molecular formula is C22H28N2O2. The number of carbonyl (C=O) groups excluding carboxylic acids is 1. The first kappa shape index (κ1) is 18.5. The molecule has 0 radical (unpaired) electrons. The molecule has 0 spiro atoms. The fourth-order valence-electron chi connectivity index (χ4n) is 3.57. The van der Waals surface area contributed by atoms with E-state index in [-0.39, 0.29) is 11.8 Å². The average Bonchev–Trinajstić information content (AvgIpc) is 2.69. The molecule has 3 rings (SSSR count). The summed E-state index contributed by atoms with van der Waals surface area (Å²) >= 11 is 0. The molecule has 26 heavy (non-hydrogen) atoms. The number of nitrogens with zero attached hydrogens (tertiary/aromatic N) is 2. The van der Waals surface area contributed by atoms with Crippen LogP contribution < -0.4 is 4.74 Å². The van der Waals surface area contributed by atoms with E-state index in [0.717, 1.165) is 43.8 Å². The number of carbonyl (C=O) groups is 1. The van der Waals surface area contributed by atoms with Crippen LogP contribution in [0, 0.1) is 5.92 Å². The van der Waals surface area contributed by atoms with Gasteiger partial charge in [-0.1, -0.05) is 42.5 Å². The lowest BCUT2D eigenvalue weighted by Crippen LogP contribution is -2.40. The van der Waals surface area contributed by atoms with Gasteiger partial charge in [-0.2, -0.15) is 0 Å². The largest absolute Gasteiger partial charge is 0.497 e. The number of likely N-dealkylation sites (tertiary alicyclic amines) is 1. The molecule has 1 amide bonds. The second-order valence-corrected chi connectivity index (χ2v) is 7.08. The van der Waals surface area contributed by atoms with Crippen molar-refractivity contribution >= 4 is 5.91 Å². The number of amides is 1. The fourth-order valence-corrected chi connectivity index (χ4v) is 3.57. The Bertz CT molecular complexity index is 692. The Morgan fingerprint density at radius 3 is 2.31 bits per heavy atom. The normalized spacial score (nSPS) is 15.6. The van der Waals surface area contributed by atoms with Gasteiger partial charge < -0.3 is 9.64 Å². The molecule has 1 aliphatic rings. The van der Waals surface area contributed by atoms with Crippen LogP contribution in [0.3, 0.4) is 0 Å². The molecular weight excluding hydrogens is 324 g/mol. The number of rotatable bonds is 6. The van der Waals surface area contributed by atoms with E-state index in [4.69, 9.17) is 4.74 Å². The quantitative estimate of drug-likeness (QED) is 0.797. The van der Waals surface area contributed by atoms with Crippen molar-refractivity contribution in [2.24, 2.45) is 5.92 Å². The van der Waals surface area contributed by atoms with Crippen molar-refractivity contribution in [1.82, 2.24) is 9.80 Å². The molecule has 2 aromatic rings. The topological polar surface area (TPSA) is 32.8 Å². The number of hydrogen-bond acceptors (Lipinski definition) is 3. The molecule has 2 aromatic carbocycles. The molecule has 0 saturated carbocycles. The Morgan fingerprint density at radius 2 is 1.69 bits per heavy atom. The first-order chi connectivity index (χ1) is 12.7. The van der Waals surface area contributed by atoms with E-state index >= 15 is 0 Å². The van der Waals surface area contributed by atoms with Gasteiger partial charge in [0.15, 0.2) is 0 Å². The van der Waals surface area contributed by atoms with Gasteiger partial charge in [0.25, 0.3) is 0 Å². The molecule has 4 nitrogen and oxygen atoms in total. The van der Waals surface area contributed by atoms with E-state index in [0.29, 0.717) is 6.54 Å². The molecule has 0 N–H and O–H groups in total. The van der Waals surface area contributed by atoms with Crippen LogP contribution in [0.15, 0.2) is 54.6 Å². The van der Waals surface area contributed by atoms with Gasteiger partial charge in [0.2, 0.25) is 5.91 Å². The first-order valence-corrected chi connectivity index (χ1v) is 9.30. The van der Waals surface area contributed by atoms with Crippen molar-refractivity contribution in [3.05, 3.63) is 65.7 Å². The number of ether oxygens (including phenoxy) is 1. The zero-order valence-corrected chi connectivity index (χ0v) is 15.7. The SMILES string of the molecule is COc1ccc(CN(C)C(=O)C2CCN(Cc3ccccc3)CC2)cc1. The van der Waals surface area contributed by atoms with E-state index in [9.17, 15) is 4.79 Å². The zero-order chi connectivity index (χ0) is 18.4. The monoisotopic (exact) mass is 352 g/mol. The second kappa shape index (κ2) is 8.86. The minimum Gasteiger partial charge on any atom is -0.497 e. The lowest BCUT2D eigenvalue weighted by atomic mass is 9.95. The van der Waals surface area contributed by atoms with Crippen LogP contribution in [0.2, 0.25) is 0 Å². The predicted octanol–water partition coefficient (Wildman–Crippen LogP) is 3.57. The summed E-state index contributed by atoms with van der Waals surface area (Å²) in [6.45, 7) is 3.60. The number of benzene rings is 2. The lowest BCUT2D eigenvalue weighted by molar-refractivity contribution is -0.136. The van der Waals surface area contributed by atoms with Crippen LogP contribution in [0.5, 0.6) is 5.75 Å². The zero-order valence-electron chi connectivity index (χ0n) is 15.7. The van der Waals surface area contributed by atoms with Crippen molar-refractivity contribution in [2.45, 2.75) is 25.9 Å². The highest BCUT2D eigenvalue weighted by molar-refractivity contribution is 5.78. The van der Waals surface area contributed by atoms with Gasteiger partial charge in [0.05, 0.1) is 7.11 Å². The molecule has 0 unspecified atom stereocenters.